The van der Waals surface area contributed by atoms with Crippen molar-refractivity contribution in [3.63, 3.8) is 0 Å². The molecule has 184 valence electrons. The molecule has 0 N–H and O–H groups in total. The molecule has 1 atom stereocenters. The van der Waals surface area contributed by atoms with Crippen molar-refractivity contribution in [3.8, 4) is 0 Å². The smallest absolute Gasteiger partial charge is 0.410 e. The Morgan fingerprint density at radius 1 is 1.11 bits per heavy atom. The van der Waals surface area contributed by atoms with Gasteiger partial charge in [0.1, 0.15) is 23.6 Å². The van der Waals surface area contributed by atoms with Gasteiger partial charge in [0.15, 0.2) is 11.5 Å². The quantitative estimate of drug-likeness (QED) is 0.555. The van der Waals surface area contributed by atoms with Gasteiger partial charge in [0, 0.05) is 55.6 Å². The number of amides is 1. The molecule has 3 aliphatic rings. The number of hydrogen-bond acceptors (Lipinski definition) is 8. The van der Waals surface area contributed by atoms with Crippen molar-refractivity contribution in [1.29, 1.82) is 0 Å². The first-order valence-corrected chi connectivity index (χ1v) is 12.4. The molecule has 5 heterocycles. The van der Waals surface area contributed by atoms with E-state index in [-0.39, 0.29) is 17.6 Å². The summed E-state index contributed by atoms with van der Waals surface area (Å²) in [4.78, 5) is 37.7. The summed E-state index contributed by atoms with van der Waals surface area (Å²) in [6, 6.07) is 0.0179. The molecular weight excluding hydrogens is 444 g/mol. The molecule has 1 saturated carbocycles. The minimum atomic E-state index is -0.505. The molecule has 2 fully saturated rings. The first-order chi connectivity index (χ1) is 16.7. The topological polar surface area (TPSA) is 92.0 Å². The Morgan fingerprint density at radius 3 is 2.63 bits per heavy atom. The van der Waals surface area contributed by atoms with Crippen LogP contribution in [0.3, 0.4) is 0 Å². The predicted molar refractivity (Wildman–Crippen MR) is 132 cm³/mol. The second-order valence-electron chi connectivity index (χ2n) is 11.0. The van der Waals surface area contributed by atoms with Crippen LogP contribution in [-0.2, 0) is 10.2 Å². The fraction of sp³-hybridized carbons (Fsp3) is 0.560. The van der Waals surface area contributed by atoms with E-state index in [4.69, 9.17) is 19.7 Å². The maximum Gasteiger partial charge on any atom is 0.410 e. The van der Waals surface area contributed by atoms with Gasteiger partial charge in [0.05, 0.1) is 12.4 Å². The number of fused-ring (bicyclic) bond motifs is 3. The number of aromatic nitrogens is 5. The van der Waals surface area contributed by atoms with E-state index >= 15 is 0 Å². The van der Waals surface area contributed by atoms with Gasteiger partial charge in [0.2, 0.25) is 0 Å². The average molecular weight is 477 g/mol. The zero-order valence-corrected chi connectivity index (χ0v) is 20.8. The molecule has 10 nitrogen and oxygen atoms in total. The van der Waals surface area contributed by atoms with Gasteiger partial charge in [-0.15, -0.1) is 0 Å². The van der Waals surface area contributed by atoms with Crippen molar-refractivity contribution >= 4 is 29.2 Å². The van der Waals surface area contributed by atoms with Gasteiger partial charge in [-0.2, -0.15) is 0 Å². The number of anilines is 3. The SMILES string of the molecule is CC1CN(c2ncnc3c2C2(CCC2)CN3c2cn3ccnc3cn2)CCN1C(=O)OC(C)(C)C. The van der Waals surface area contributed by atoms with Crippen molar-refractivity contribution in [2.45, 2.75) is 64.0 Å². The van der Waals surface area contributed by atoms with Crippen LogP contribution in [0, 0.1) is 0 Å². The van der Waals surface area contributed by atoms with Crippen LogP contribution in [0.15, 0.2) is 31.1 Å². The second kappa shape index (κ2) is 7.79. The Morgan fingerprint density at radius 2 is 1.91 bits per heavy atom. The normalized spacial score (nSPS) is 21.4. The Labute approximate surface area is 204 Å². The summed E-state index contributed by atoms with van der Waals surface area (Å²) in [5.74, 6) is 2.81. The van der Waals surface area contributed by atoms with E-state index in [2.05, 4.69) is 21.7 Å². The van der Waals surface area contributed by atoms with E-state index < -0.39 is 5.60 Å². The fourth-order valence-corrected chi connectivity index (χ4v) is 5.64. The Bertz CT molecular complexity index is 1280. The minimum absolute atomic E-state index is 0.0179. The van der Waals surface area contributed by atoms with Crippen LogP contribution in [0.25, 0.3) is 5.65 Å². The largest absolute Gasteiger partial charge is 0.444 e. The van der Waals surface area contributed by atoms with Gasteiger partial charge < -0.3 is 23.8 Å². The lowest BCUT2D eigenvalue weighted by atomic mass is 9.66. The van der Waals surface area contributed by atoms with Gasteiger partial charge >= 0.3 is 6.09 Å². The monoisotopic (exact) mass is 476 g/mol. The van der Waals surface area contributed by atoms with E-state index in [9.17, 15) is 4.79 Å². The summed E-state index contributed by atoms with van der Waals surface area (Å²) in [5.41, 5.74) is 1.60. The Hall–Kier alpha value is -3.43. The van der Waals surface area contributed by atoms with Gasteiger partial charge in [0.25, 0.3) is 0 Å². The van der Waals surface area contributed by atoms with Gasteiger partial charge in [-0.1, -0.05) is 6.42 Å². The molecule has 6 rings (SSSR count). The summed E-state index contributed by atoms with van der Waals surface area (Å²) in [6.45, 7) is 10.7. The number of piperazine rings is 1. The highest BCUT2D eigenvalue weighted by molar-refractivity contribution is 5.75. The summed E-state index contributed by atoms with van der Waals surface area (Å²) >= 11 is 0. The van der Waals surface area contributed by atoms with Crippen molar-refractivity contribution in [1.82, 2.24) is 29.2 Å². The van der Waals surface area contributed by atoms with Gasteiger partial charge in [-0.05, 0) is 40.5 Å². The lowest BCUT2D eigenvalue weighted by Gasteiger charge is -2.43. The summed E-state index contributed by atoms with van der Waals surface area (Å²) in [6.07, 6.45) is 12.4. The van der Waals surface area contributed by atoms with Crippen LogP contribution < -0.4 is 9.80 Å². The maximum absolute atomic E-state index is 12.7. The summed E-state index contributed by atoms with van der Waals surface area (Å²) in [5, 5.41) is 0. The first kappa shape index (κ1) is 22.1. The van der Waals surface area contributed by atoms with Gasteiger partial charge in [-0.25, -0.2) is 24.7 Å². The van der Waals surface area contributed by atoms with E-state index in [1.54, 1.807) is 18.7 Å². The third-order valence-electron chi connectivity index (χ3n) is 7.46. The maximum atomic E-state index is 12.7. The molecule has 1 unspecified atom stereocenters. The molecule has 10 heteroatoms. The molecule has 0 aromatic carbocycles. The minimum Gasteiger partial charge on any atom is -0.444 e. The van der Waals surface area contributed by atoms with E-state index in [0.29, 0.717) is 19.6 Å². The number of imidazole rings is 1. The van der Waals surface area contributed by atoms with E-state index in [1.165, 1.54) is 12.0 Å². The van der Waals surface area contributed by atoms with Crippen LogP contribution in [0.1, 0.15) is 52.5 Å². The van der Waals surface area contributed by atoms with Crippen LogP contribution in [0.5, 0.6) is 0 Å². The van der Waals surface area contributed by atoms with Gasteiger partial charge in [-0.3, -0.25) is 0 Å². The molecule has 3 aromatic rings. The van der Waals surface area contributed by atoms with E-state index in [0.717, 1.165) is 42.5 Å². The molecule has 0 bridgehead atoms. The molecule has 35 heavy (non-hydrogen) atoms. The lowest BCUT2D eigenvalue weighted by Crippen LogP contribution is -2.55. The van der Waals surface area contributed by atoms with Crippen LogP contribution >= 0.6 is 0 Å². The zero-order valence-electron chi connectivity index (χ0n) is 20.8. The molecule has 2 aliphatic heterocycles. The van der Waals surface area contributed by atoms with Crippen LogP contribution in [0.2, 0.25) is 0 Å². The molecule has 1 amide bonds. The third kappa shape index (κ3) is 3.66. The van der Waals surface area contributed by atoms with Crippen molar-refractivity contribution in [2.24, 2.45) is 0 Å². The van der Waals surface area contributed by atoms with Crippen molar-refractivity contribution in [3.05, 3.63) is 36.7 Å². The molecule has 1 saturated heterocycles. The van der Waals surface area contributed by atoms with E-state index in [1.807, 2.05) is 42.5 Å². The standard InChI is InChI=1S/C25H32N8O2/c1-17-13-31(10-11-32(17)23(34)35-24(2,3)4)21-20-22(29-16-28-21)33(15-25(20)6-5-7-25)19-14-30-9-8-26-18(30)12-27-19/h8-9,12,14,16-17H,5-7,10-11,13,15H2,1-4H3. The molecule has 1 aliphatic carbocycles. The van der Waals surface area contributed by atoms with Crippen molar-refractivity contribution in [2.75, 3.05) is 36.0 Å². The van der Waals surface area contributed by atoms with Crippen LogP contribution in [-0.4, -0.2) is 73.2 Å². The third-order valence-corrected chi connectivity index (χ3v) is 7.46. The molecular formula is C25H32N8O2. The summed E-state index contributed by atoms with van der Waals surface area (Å²) < 4.78 is 7.63. The summed E-state index contributed by atoms with van der Waals surface area (Å²) in [7, 11) is 0. The fourth-order valence-electron chi connectivity index (χ4n) is 5.64. The average Bonchev–Trinajstić information content (AvgIpc) is 3.39. The Balaban J connectivity index is 1.31. The number of ether oxygens (including phenoxy) is 1. The van der Waals surface area contributed by atoms with Crippen LogP contribution in [0.4, 0.5) is 22.2 Å². The highest BCUT2D eigenvalue weighted by Gasteiger charge is 2.51. The zero-order chi connectivity index (χ0) is 24.4. The first-order valence-electron chi connectivity index (χ1n) is 12.4. The Kier molecular flexibility index (Phi) is 4.91. The number of carbonyl (C=O) groups excluding carboxylic acids is 1. The highest BCUT2D eigenvalue weighted by Crippen LogP contribution is 2.56. The number of carbonyl (C=O) groups is 1. The predicted octanol–water partition coefficient (Wildman–Crippen LogP) is 3.54. The molecule has 0 radical (unpaired) electrons. The molecule has 1 spiro atoms. The highest BCUT2D eigenvalue weighted by atomic mass is 16.6. The lowest BCUT2D eigenvalue weighted by molar-refractivity contribution is 0.0158. The number of rotatable bonds is 2. The number of nitrogens with zero attached hydrogens (tertiary/aromatic N) is 8. The van der Waals surface area contributed by atoms with Crippen molar-refractivity contribution < 1.29 is 9.53 Å². The number of hydrogen-bond donors (Lipinski definition) is 0. The second-order valence-corrected chi connectivity index (χ2v) is 11.0. The molecule has 3 aromatic heterocycles.